The van der Waals surface area contributed by atoms with Gasteiger partial charge in [0.1, 0.15) is 34.2 Å². The van der Waals surface area contributed by atoms with Crippen molar-refractivity contribution < 1.29 is 124 Å². The van der Waals surface area contributed by atoms with Gasteiger partial charge in [-0.15, -0.1) is 0 Å². The van der Waals surface area contributed by atoms with E-state index in [0.717, 1.165) is 38.5 Å². The van der Waals surface area contributed by atoms with Crippen LogP contribution in [-0.4, -0.2) is 86.0 Å². The van der Waals surface area contributed by atoms with Crippen LogP contribution < -0.4 is 0 Å². The number of imidazole rings is 2. The Bertz CT molecular complexity index is 6250. The maximum atomic E-state index is 15.2. The van der Waals surface area contributed by atoms with E-state index in [4.69, 9.17) is 39.4 Å². The minimum absolute atomic E-state index is 0.00209. The topological polar surface area (TPSA) is 219 Å². The number of rotatable bonds is 8. The molecule has 618 valence electrons. The fourth-order valence-electron chi connectivity index (χ4n) is 14.5. The number of aromatic nitrogens is 12. The highest BCUT2D eigenvalue weighted by atomic mass is 19.4. The number of esters is 2. The minimum Gasteiger partial charge on any atom is -0.465 e. The van der Waals surface area contributed by atoms with Crippen molar-refractivity contribution in [1.82, 2.24) is 59.8 Å². The predicted molar refractivity (Wildman–Crippen MR) is 391 cm³/mol. The van der Waals surface area contributed by atoms with Crippen LogP contribution in [0.3, 0.4) is 0 Å². The molecule has 0 unspecified atom stereocenters. The van der Waals surface area contributed by atoms with Crippen molar-refractivity contribution in [2.45, 2.75) is 49.4 Å². The fourth-order valence-corrected chi connectivity index (χ4v) is 14.5. The second kappa shape index (κ2) is 27.7. The zero-order chi connectivity index (χ0) is 87.1. The quantitative estimate of drug-likeness (QED) is 0.0825. The van der Waals surface area contributed by atoms with Crippen LogP contribution in [0, 0.1) is 0 Å². The number of hydrogen-bond acceptors (Lipinski definition) is 12. The van der Waals surface area contributed by atoms with E-state index < -0.39 is 218 Å². The van der Waals surface area contributed by atoms with E-state index in [9.17, 15) is 9.59 Å². The number of aromatic amines is 4. The fraction of sp³-hybridized carbons (Fsp3) is 0.122. The van der Waals surface area contributed by atoms with Crippen LogP contribution >= 0.6 is 0 Å². The van der Waals surface area contributed by atoms with Gasteiger partial charge < -0.3 is 29.4 Å². The molecule has 4 N–H and O–H groups in total. The molecule has 2 aliphatic rings. The van der Waals surface area contributed by atoms with Gasteiger partial charge in [0, 0.05) is 54.9 Å². The van der Waals surface area contributed by atoms with Crippen molar-refractivity contribution in [1.29, 1.82) is 0 Å². The standard InChI is InChI=1S/C82H38F24N12O4/c1-121-73(119)33-7-3-31(4-8-33)63-107-55-27-51-52(28-56(55)108-63)66-111-65(51)113-69-59-47(35-15-39(75(83,84)85)23-40(16-35)76(86,87)88)11-13-49(37-19-43(79(95,96)97)25-44(20-37)80(98,99)100)61(59)71(117-69)115-67-53-29-57-58(110-64(109-57)32-5-9-34(10-6-32)74(120)122-2)30-54(53)68(112-67)116-72-62-50(38-21-45(81(101,102)103)26-46(22-38)82(104,105)106)14-12-48(60(62)70(114-66)118-72)36-17-41(77(89,90)91)24-42(18-36)78(92,93)94/h3-30H,1-2H3,(H,107,108)(H,109,110)(H2,111,112,113,114,115,116,117,118). The second-order valence-corrected chi connectivity index (χ2v) is 27.7. The van der Waals surface area contributed by atoms with Crippen molar-refractivity contribution in [2.24, 2.45) is 0 Å². The number of hydrogen-bond donors (Lipinski definition) is 4. The van der Waals surface area contributed by atoms with Crippen LogP contribution in [-0.2, 0) is 58.9 Å². The van der Waals surface area contributed by atoms with Crippen molar-refractivity contribution in [3.05, 3.63) is 225 Å². The zero-order valence-electron chi connectivity index (χ0n) is 60.4. The summed E-state index contributed by atoms with van der Waals surface area (Å²) >= 11 is 0. The van der Waals surface area contributed by atoms with Crippen molar-refractivity contribution >= 4 is 78.1 Å². The molecule has 0 amide bonds. The lowest BCUT2D eigenvalue weighted by molar-refractivity contribution is -0.144. The first-order valence-electron chi connectivity index (χ1n) is 34.9. The monoisotopic (exact) mass is 1710 g/mol. The zero-order valence-corrected chi connectivity index (χ0v) is 60.4. The molecular weight excluding hydrogens is 1670 g/mol. The average molecular weight is 1710 g/mol. The molecule has 0 fully saturated rings. The number of nitrogens with one attached hydrogen (secondary N) is 4. The number of fused-ring (bicyclic) bond motifs is 22. The SMILES string of the molecule is COC(=O)c1ccc(-c2nc3cc4c(cc3[nH]2)-c2nc-4nc3[nH]c(nc4nc(nc5[nH]c(n2)c2c(-c6cc(C(F)(F)F)cc(C(F)(F)F)c6)ccc(-c6cc(C(F)(F)F)cc(C(F)(F)F)c6)c52)-c2cc5nc(-c6ccc(C(=O)OC)cc6)[nH]c5cc2-4)c2c(-c4cc(C(F)(F)F)cc(C(F)(F)F)c4)ccc(-c4cc(C(F)(F)F)cc(C(F)(F)F)c4)c32)cc1. The Hall–Kier alpha value is -14.2. The van der Waals surface area contributed by atoms with E-state index >= 15 is 105 Å². The van der Waals surface area contributed by atoms with Crippen LogP contribution in [0.2, 0.25) is 0 Å². The van der Waals surface area contributed by atoms with Gasteiger partial charge in [0.2, 0.25) is 0 Å². The van der Waals surface area contributed by atoms with E-state index in [1.807, 2.05) is 0 Å². The first kappa shape index (κ1) is 80.2. The normalized spacial score (nSPS) is 13.1. The minimum atomic E-state index is -5.62. The summed E-state index contributed by atoms with van der Waals surface area (Å²) in [6.07, 6.45) is -45.0. The molecule has 0 aliphatic carbocycles. The summed E-state index contributed by atoms with van der Waals surface area (Å²) in [6.45, 7) is 0. The number of carbonyl (C=O) groups is 2. The first-order chi connectivity index (χ1) is 57.1. The third-order valence-electron chi connectivity index (χ3n) is 20.1. The number of H-pyrrole nitrogens is 4. The summed E-state index contributed by atoms with van der Waals surface area (Å²) in [4.78, 5) is 74.7. The Kier molecular flexibility index (Phi) is 18.2. The number of halogens is 24. The largest absolute Gasteiger partial charge is 0.465 e. The molecule has 8 bridgehead atoms. The summed E-state index contributed by atoms with van der Waals surface area (Å²) < 4.78 is 373. The number of nitrogens with zero attached hydrogens (tertiary/aromatic N) is 8. The highest BCUT2D eigenvalue weighted by molar-refractivity contribution is 6.20. The molecular formula is C82H38F24N12O4. The van der Waals surface area contributed by atoms with Crippen LogP contribution in [0.1, 0.15) is 65.2 Å². The smallest absolute Gasteiger partial charge is 0.416 e. The van der Waals surface area contributed by atoms with Crippen LogP contribution in [0.25, 0.3) is 179 Å². The molecule has 7 heterocycles. The third kappa shape index (κ3) is 14.4. The van der Waals surface area contributed by atoms with E-state index in [0.29, 0.717) is 0 Å². The van der Waals surface area contributed by atoms with Gasteiger partial charge >= 0.3 is 61.3 Å². The van der Waals surface area contributed by atoms with E-state index in [-0.39, 0.29) is 151 Å². The summed E-state index contributed by atoms with van der Waals surface area (Å²) in [5.41, 5.74) is -26.9. The van der Waals surface area contributed by atoms with E-state index in [2.05, 4.69) is 29.9 Å². The Morgan fingerprint density at radius 2 is 0.467 bits per heavy atom. The number of benzene rings is 10. The highest BCUT2D eigenvalue weighted by Crippen LogP contribution is 2.52. The van der Waals surface area contributed by atoms with Gasteiger partial charge in [-0.25, -0.2) is 49.5 Å². The Morgan fingerprint density at radius 1 is 0.246 bits per heavy atom. The van der Waals surface area contributed by atoms with Crippen molar-refractivity contribution in [3.63, 3.8) is 0 Å². The van der Waals surface area contributed by atoms with Crippen LogP contribution in [0.5, 0.6) is 0 Å². The maximum Gasteiger partial charge on any atom is 0.416 e. The molecule has 10 aromatic carbocycles. The molecule has 0 spiro atoms. The van der Waals surface area contributed by atoms with Gasteiger partial charge in [-0.3, -0.25) is 0 Å². The summed E-state index contributed by atoms with van der Waals surface area (Å²) in [5.74, 6) is -4.42. The van der Waals surface area contributed by atoms with E-state index in [1.54, 1.807) is 0 Å². The Morgan fingerprint density at radius 3 is 0.680 bits per heavy atom. The average Bonchev–Trinajstić information content (AvgIpc) is 1.55. The molecule has 15 aromatic rings. The molecule has 0 radical (unpaired) electrons. The predicted octanol–water partition coefficient (Wildman–Crippen LogP) is 24.3. The molecule has 5 aromatic heterocycles. The lowest BCUT2D eigenvalue weighted by atomic mass is 9.91. The van der Waals surface area contributed by atoms with Gasteiger partial charge in [-0.2, -0.15) is 105 Å². The Labute approximate surface area is 662 Å². The molecule has 2 aliphatic heterocycles. The molecule has 0 atom stereocenters. The van der Waals surface area contributed by atoms with Crippen molar-refractivity contribution in [2.75, 3.05) is 14.2 Å². The van der Waals surface area contributed by atoms with Crippen LogP contribution in [0.15, 0.2) is 170 Å². The van der Waals surface area contributed by atoms with E-state index in [1.165, 1.54) is 72.8 Å². The maximum absolute atomic E-state index is 15.2. The van der Waals surface area contributed by atoms with Crippen LogP contribution in [0.4, 0.5) is 105 Å². The number of alkyl halides is 24. The first-order valence-corrected chi connectivity index (χ1v) is 34.9. The summed E-state index contributed by atoms with van der Waals surface area (Å²) in [7, 11) is 2.20. The molecule has 0 saturated carbocycles. The lowest BCUT2D eigenvalue weighted by Gasteiger charge is -2.17. The molecule has 40 heteroatoms. The lowest BCUT2D eigenvalue weighted by Crippen LogP contribution is -2.11. The number of ether oxygens (including phenoxy) is 2. The summed E-state index contributed by atoms with van der Waals surface area (Å²) in [6, 6.07) is 19.6. The van der Waals surface area contributed by atoms with Gasteiger partial charge in [-0.05, 0) is 166 Å². The van der Waals surface area contributed by atoms with Gasteiger partial charge in [0.15, 0.2) is 23.3 Å². The van der Waals surface area contributed by atoms with Gasteiger partial charge in [-0.1, -0.05) is 48.5 Å². The van der Waals surface area contributed by atoms with Crippen molar-refractivity contribution in [3.8, 4) is 113 Å². The Balaban J connectivity index is 1.10. The third-order valence-corrected chi connectivity index (χ3v) is 20.1. The molecule has 17 rings (SSSR count). The molecule has 0 saturated heterocycles. The number of carbonyl (C=O) groups excluding carboxylic acids is 2. The summed E-state index contributed by atoms with van der Waals surface area (Å²) in [5, 5.41) is -3.07. The van der Waals surface area contributed by atoms with Gasteiger partial charge in [0.05, 0.1) is 91.9 Å². The van der Waals surface area contributed by atoms with Gasteiger partial charge in [0.25, 0.3) is 0 Å². The molecule has 122 heavy (non-hydrogen) atoms. The molecule has 16 nitrogen and oxygen atoms in total. The number of methoxy groups -OCH3 is 2. The highest BCUT2D eigenvalue weighted by Gasteiger charge is 2.43. The second-order valence-electron chi connectivity index (χ2n) is 27.7.